The monoisotopic (exact) mass is 252 g/mol. The number of benzene rings is 1. The fourth-order valence-corrected chi connectivity index (χ4v) is 2.03. The van der Waals surface area contributed by atoms with E-state index >= 15 is 0 Å². The Hall–Kier alpha value is -1.62. The maximum absolute atomic E-state index is 13.3. The Balaban J connectivity index is 1.84. The lowest BCUT2D eigenvalue weighted by atomic mass is 10.1. The molecule has 1 aliphatic rings. The third kappa shape index (κ3) is 3.43. The highest BCUT2D eigenvalue weighted by Crippen LogP contribution is 2.14. The molecule has 1 aromatic rings. The predicted molar refractivity (Wildman–Crippen MR) is 65.7 cm³/mol. The molecule has 2 rings (SSSR count). The highest BCUT2D eigenvalue weighted by molar-refractivity contribution is 5.67. The third-order valence-corrected chi connectivity index (χ3v) is 2.90. The minimum absolute atomic E-state index is 0.0708. The number of hydrogen-bond acceptors (Lipinski definition) is 3. The predicted octanol–water partition coefficient (Wildman–Crippen LogP) is 1.69. The van der Waals surface area contributed by atoms with Crippen molar-refractivity contribution in [1.29, 1.82) is 0 Å². The number of nitrogens with zero attached hydrogens (tertiary/aromatic N) is 1. The molecule has 0 bridgehead atoms. The Morgan fingerprint density at radius 2 is 2.11 bits per heavy atom. The first-order valence-corrected chi connectivity index (χ1v) is 6.00. The van der Waals surface area contributed by atoms with Gasteiger partial charge in [0, 0.05) is 12.6 Å². The topological polar surface area (TPSA) is 55.6 Å². The van der Waals surface area contributed by atoms with Gasteiger partial charge < -0.3 is 15.4 Å². The minimum Gasteiger partial charge on any atom is -0.445 e. The van der Waals surface area contributed by atoms with Crippen LogP contribution in [0.25, 0.3) is 0 Å². The largest absolute Gasteiger partial charge is 0.445 e. The van der Waals surface area contributed by atoms with E-state index in [-0.39, 0.29) is 19.2 Å². The second-order valence-corrected chi connectivity index (χ2v) is 4.54. The molecule has 1 aliphatic heterocycles. The molecule has 0 saturated carbocycles. The van der Waals surface area contributed by atoms with E-state index in [0.29, 0.717) is 13.0 Å². The van der Waals surface area contributed by atoms with Gasteiger partial charge in [0.1, 0.15) is 12.8 Å². The summed E-state index contributed by atoms with van der Waals surface area (Å²) in [5, 5.41) is 0. The van der Waals surface area contributed by atoms with Crippen LogP contribution >= 0.6 is 0 Å². The molecule has 1 amide bonds. The second-order valence-electron chi connectivity index (χ2n) is 4.54. The number of rotatable bonds is 2. The first-order valence-electron chi connectivity index (χ1n) is 6.00. The van der Waals surface area contributed by atoms with Gasteiger partial charge in [-0.05, 0) is 12.0 Å². The van der Waals surface area contributed by atoms with E-state index in [1.165, 1.54) is 4.90 Å². The summed E-state index contributed by atoms with van der Waals surface area (Å²) in [6, 6.07) is 9.07. The van der Waals surface area contributed by atoms with Crippen LogP contribution in [0, 0.1) is 0 Å². The lowest BCUT2D eigenvalue weighted by Gasteiger charge is -2.32. The van der Waals surface area contributed by atoms with Gasteiger partial charge in [0.05, 0.1) is 6.54 Å². The Kier molecular flexibility index (Phi) is 4.15. The van der Waals surface area contributed by atoms with E-state index in [0.717, 1.165) is 5.56 Å². The zero-order valence-electron chi connectivity index (χ0n) is 10.1. The van der Waals surface area contributed by atoms with Gasteiger partial charge in [0.25, 0.3) is 0 Å². The first kappa shape index (κ1) is 12.8. The Labute approximate surface area is 106 Å². The van der Waals surface area contributed by atoms with Gasteiger partial charge >= 0.3 is 6.09 Å². The maximum Gasteiger partial charge on any atom is 0.410 e. The molecule has 98 valence electrons. The number of halogens is 1. The highest BCUT2D eigenvalue weighted by Gasteiger charge is 2.28. The number of amides is 1. The van der Waals surface area contributed by atoms with Crippen LogP contribution in [0.5, 0.6) is 0 Å². The Morgan fingerprint density at radius 1 is 1.39 bits per heavy atom. The number of piperidine rings is 1. The molecule has 1 fully saturated rings. The fraction of sp³-hybridized carbons (Fsp3) is 0.462. The van der Waals surface area contributed by atoms with Crippen molar-refractivity contribution in [2.75, 3.05) is 13.1 Å². The van der Waals surface area contributed by atoms with Crippen molar-refractivity contribution >= 4 is 6.09 Å². The van der Waals surface area contributed by atoms with Crippen molar-refractivity contribution < 1.29 is 13.9 Å². The van der Waals surface area contributed by atoms with Gasteiger partial charge in [-0.15, -0.1) is 0 Å². The van der Waals surface area contributed by atoms with Gasteiger partial charge in [0.2, 0.25) is 0 Å². The van der Waals surface area contributed by atoms with E-state index in [2.05, 4.69) is 0 Å². The van der Waals surface area contributed by atoms with Crippen LogP contribution in [0.2, 0.25) is 0 Å². The minimum atomic E-state index is -1.06. The Bertz CT molecular complexity index is 389. The summed E-state index contributed by atoms with van der Waals surface area (Å²) < 4.78 is 18.4. The smallest absolute Gasteiger partial charge is 0.410 e. The van der Waals surface area contributed by atoms with Crippen LogP contribution in [0.4, 0.5) is 9.18 Å². The summed E-state index contributed by atoms with van der Waals surface area (Å²) in [5.74, 6) is 0. The molecule has 0 aromatic heterocycles. The number of carbonyl (C=O) groups is 1. The van der Waals surface area contributed by atoms with Crippen molar-refractivity contribution in [1.82, 2.24) is 4.90 Å². The molecule has 2 atom stereocenters. The third-order valence-electron chi connectivity index (χ3n) is 2.90. The lowest BCUT2D eigenvalue weighted by molar-refractivity contribution is 0.0666. The van der Waals surface area contributed by atoms with Crippen LogP contribution in [0.1, 0.15) is 12.0 Å². The first-order chi connectivity index (χ1) is 8.65. The van der Waals surface area contributed by atoms with Gasteiger partial charge in [0.15, 0.2) is 0 Å². The van der Waals surface area contributed by atoms with E-state index in [4.69, 9.17) is 10.5 Å². The summed E-state index contributed by atoms with van der Waals surface area (Å²) in [5.41, 5.74) is 6.58. The lowest BCUT2D eigenvalue weighted by Crippen LogP contribution is -2.50. The Morgan fingerprint density at radius 3 is 2.78 bits per heavy atom. The van der Waals surface area contributed by atoms with E-state index in [1.807, 2.05) is 30.3 Å². The van der Waals surface area contributed by atoms with Crippen molar-refractivity contribution in [2.24, 2.45) is 5.73 Å². The number of likely N-dealkylation sites (tertiary alicyclic amines) is 1. The summed E-state index contributed by atoms with van der Waals surface area (Å²) in [7, 11) is 0. The van der Waals surface area contributed by atoms with Crippen LogP contribution in [-0.4, -0.2) is 36.3 Å². The number of ether oxygens (including phenoxy) is 1. The van der Waals surface area contributed by atoms with Crippen LogP contribution in [-0.2, 0) is 11.3 Å². The summed E-state index contributed by atoms with van der Waals surface area (Å²) >= 11 is 0. The molecule has 1 saturated heterocycles. The van der Waals surface area contributed by atoms with Crippen molar-refractivity contribution in [2.45, 2.75) is 25.2 Å². The van der Waals surface area contributed by atoms with Crippen molar-refractivity contribution in [3.63, 3.8) is 0 Å². The maximum atomic E-state index is 13.3. The number of hydrogen-bond donors (Lipinski definition) is 1. The van der Waals surface area contributed by atoms with Crippen molar-refractivity contribution in [3.05, 3.63) is 35.9 Å². The molecular formula is C13H17FN2O2. The molecule has 0 aliphatic carbocycles. The van der Waals surface area contributed by atoms with Gasteiger partial charge in [-0.1, -0.05) is 30.3 Å². The quantitative estimate of drug-likeness (QED) is 0.871. The van der Waals surface area contributed by atoms with Gasteiger partial charge in [-0.2, -0.15) is 0 Å². The number of alkyl halides is 1. The summed E-state index contributed by atoms with van der Waals surface area (Å²) in [4.78, 5) is 13.1. The molecule has 5 heteroatoms. The molecule has 0 spiro atoms. The van der Waals surface area contributed by atoms with Crippen LogP contribution in [0.3, 0.4) is 0 Å². The van der Waals surface area contributed by atoms with Gasteiger partial charge in [-0.25, -0.2) is 9.18 Å². The average Bonchev–Trinajstić information content (AvgIpc) is 2.36. The molecule has 2 N–H and O–H groups in total. The molecule has 2 unspecified atom stereocenters. The summed E-state index contributed by atoms with van der Waals surface area (Å²) in [6.07, 6.45) is -1.25. The SMILES string of the molecule is NC1CC(F)CN(C(=O)OCc2ccccc2)C1. The number of nitrogens with two attached hydrogens (primary N) is 1. The van der Waals surface area contributed by atoms with Crippen LogP contribution in [0.15, 0.2) is 30.3 Å². The fourth-order valence-electron chi connectivity index (χ4n) is 2.03. The standard InChI is InChI=1S/C13H17FN2O2/c14-11-6-12(15)8-16(7-11)13(17)18-9-10-4-2-1-3-5-10/h1-5,11-12H,6-9,15H2. The van der Waals surface area contributed by atoms with Crippen molar-refractivity contribution in [3.8, 4) is 0 Å². The van der Waals surface area contributed by atoms with Crippen LogP contribution < -0.4 is 5.73 Å². The van der Waals surface area contributed by atoms with E-state index < -0.39 is 12.3 Å². The van der Waals surface area contributed by atoms with E-state index in [9.17, 15) is 9.18 Å². The number of carbonyl (C=O) groups excluding carboxylic acids is 1. The molecule has 4 nitrogen and oxygen atoms in total. The second kappa shape index (κ2) is 5.82. The highest BCUT2D eigenvalue weighted by atomic mass is 19.1. The molecule has 1 aromatic carbocycles. The molecule has 0 radical (unpaired) electrons. The molecule has 1 heterocycles. The normalized spacial score (nSPS) is 23.8. The zero-order valence-corrected chi connectivity index (χ0v) is 10.1. The molecule has 18 heavy (non-hydrogen) atoms. The van der Waals surface area contributed by atoms with Gasteiger partial charge in [-0.3, -0.25) is 0 Å². The summed E-state index contributed by atoms with van der Waals surface area (Å²) in [6.45, 7) is 0.623. The average molecular weight is 252 g/mol. The van der Waals surface area contributed by atoms with E-state index in [1.54, 1.807) is 0 Å². The molecular weight excluding hydrogens is 235 g/mol. The zero-order chi connectivity index (χ0) is 13.0.